The molecule has 4 rings (SSSR count). The zero-order valence-electron chi connectivity index (χ0n) is 22.3. The number of hydrogen-bond acceptors (Lipinski definition) is 6. The molecule has 3 aromatic rings. The molecule has 1 amide bonds. The number of aliphatic hydroxyl groups is 1. The Kier molecular flexibility index (Phi) is 9.84. The highest BCUT2D eigenvalue weighted by Gasteiger charge is 2.33. The molecule has 3 N–H and O–H groups in total. The minimum Gasteiger partial charge on any atom is -0.481 e. The van der Waals surface area contributed by atoms with Gasteiger partial charge in [0.2, 0.25) is 5.91 Å². The molecule has 0 unspecified atom stereocenters. The number of likely N-dealkylation sites (N-methyl/N-ethyl adjacent to an activating group) is 1. The Morgan fingerprint density at radius 1 is 0.974 bits per heavy atom. The molecular formula is C31H36N2O6. The van der Waals surface area contributed by atoms with Gasteiger partial charge >= 0.3 is 5.97 Å². The van der Waals surface area contributed by atoms with E-state index in [1.54, 1.807) is 12.1 Å². The zero-order chi connectivity index (χ0) is 27.8. The lowest BCUT2D eigenvalue weighted by Gasteiger charge is -2.39. The summed E-state index contributed by atoms with van der Waals surface area (Å²) in [6.07, 6.45) is -0.689. The van der Waals surface area contributed by atoms with Gasteiger partial charge in [-0.2, -0.15) is 0 Å². The van der Waals surface area contributed by atoms with Gasteiger partial charge in [0, 0.05) is 36.7 Å². The van der Waals surface area contributed by atoms with Gasteiger partial charge in [-0.15, -0.1) is 0 Å². The number of aliphatic carboxylic acids is 1. The summed E-state index contributed by atoms with van der Waals surface area (Å²) in [5, 5.41) is 21.1. The van der Waals surface area contributed by atoms with Crippen LogP contribution in [0.4, 0.5) is 5.69 Å². The molecule has 1 aliphatic rings. The zero-order valence-corrected chi connectivity index (χ0v) is 22.3. The predicted octanol–water partition coefficient (Wildman–Crippen LogP) is 5.22. The van der Waals surface area contributed by atoms with Crippen molar-refractivity contribution in [1.29, 1.82) is 0 Å². The Labute approximate surface area is 229 Å². The summed E-state index contributed by atoms with van der Waals surface area (Å²) in [6.45, 7) is 2.84. The number of benzene rings is 3. The fraction of sp³-hybridized carbons (Fsp3) is 0.355. The molecule has 0 spiro atoms. The number of amides is 1. The lowest BCUT2D eigenvalue weighted by Crippen LogP contribution is -2.38. The molecule has 8 heteroatoms. The largest absolute Gasteiger partial charge is 0.481 e. The molecule has 0 radical (unpaired) electrons. The van der Waals surface area contributed by atoms with Crippen molar-refractivity contribution < 1.29 is 29.3 Å². The van der Waals surface area contributed by atoms with Crippen molar-refractivity contribution in [2.45, 2.75) is 57.3 Å². The number of nitrogens with one attached hydrogen (secondary N) is 1. The van der Waals surface area contributed by atoms with E-state index in [0.29, 0.717) is 18.7 Å². The van der Waals surface area contributed by atoms with Crippen molar-refractivity contribution >= 4 is 17.6 Å². The quantitative estimate of drug-likeness (QED) is 0.311. The van der Waals surface area contributed by atoms with Gasteiger partial charge in [-0.1, -0.05) is 66.7 Å². The first kappa shape index (κ1) is 28.4. The van der Waals surface area contributed by atoms with Crippen LogP contribution in [0.25, 0.3) is 0 Å². The summed E-state index contributed by atoms with van der Waals surface area (Å²) in [5.74, 6) is -1.38. The maximum atomic E-state index is 12.2. The van der Waals surface area contributed by atoms with E-state index in [4.69, 9.17) is 14.6 Å². The molecule has 206 valence electrons. The van der Waals surface area contributed by atoms with Gasteiger partial charge in [0.25, 0.3) is 0 Å². The van der Waals surface area contributed by atoms with Crippen LogP contribution >= 0.6 is 0 Å². The van der Waals surface area contributed by atoms with Gasteiger partial charge in [0.1, 0.15) is 0 Å². The summed E-state index contributed by atoms with van der Waals surface area (Å²) < 4.78 is 12.9. The van der Waals surface area contributed by atoms with Gasteiger partial charge in [-0.3, -0.25) is 14.5 Å². The first-order valence-electron chi connectivity index (χ1n) is 13.2. The van der Waals surface area contributed by atoms with Gasteiger partial charge in [-0.05, 0) is 42.8 Å². The number of carbonyl (C=O) groups is 2. The van der Waals surface area contributed by atoms with Crippen molar-refractivity contribution in [3.63, 3.8) is 0 Å². The van der Waals surface area contributed by atoms with Crippen LogP contribution in [0.5, 0.6) is 0 Å². The van der Waals surface area contributed by atoms with Crippen LogP contribution in [-0.2, 0) is 25.7 Å². The van der Waals surface area contributed by atoms with E-state index >= 15 is 0 Å². The molecule has 0 bridgehead atoms. The van der Waals surface area contributed by atoms with Crippen LogP contribution in [0.2, 0.25) is 0 Å². The van der Waals surface area contributed by atoms with E-state index in [9.17, 15) is 14.7 Å². The van der Waals surface area contributed by atoms with E-state index in [2.05, 4.69) is 36.3 Å². The van der Waals surface area contributed by atoms with E-state index in [1.807, 2.05) is 54.6 Å². The topological polar surface area (TPSA) is 108 Å². The van der Waals surface area contributed by atoms with Crippen LogP contribution in [0.1, 0.15) is 66.9 Å². The number of carboxylic acids is 1. The first-order valence-corrected chi connectivity index (χ1v) is 13.2. The molecule has 1 saturated heterocycles. The highest BCUT2D eigenvalue weighted by atomic mass is 16.7. The molecule has 1 heterocycles. The lowest BCUT2D eigenvalue weighted by molar-refractivity contribution is -0.253. The Morgan fingerprint density at radius 2 is 1.72 bits per heavy atom. The number of hydrogen-bond donors (Lipinski definition) is 3. The maximum absolute atomic E-state index is 12.2. The summed E-state index contributed by atoms with van der Waals surface area (Å²) in [7, 11) is 2.09. The van der Waals surface area contributed by atoms with Crippen molar-refractivity contribution in [3.8, 4) is 0 Å². The average molecular weight is 533 g/mol. The van der Waals surface area contributed by atoms with Crippen LogP contribution < -0.4 is 5.32 Å². The summed E-state index contributed by atoms with van der Waals surface area (Å²) in [4.78, 5) is 25.3. The Hall–Kier alpha value is -3.56. The Morgan fingerprint density at radius 3 is 2.41 bits per heavy atom. The summed E-state index contributed by atoms with van der Waals surface area (Å²) >= 11 is 0. The number of rotatable bonds is 11. The fourth-order valence-corrected chi connectivity index (χ4v) is 4.71. The molecule has 4 atom stereocenters. The van der Waals surface area contributed by atoms with Gasteiger partial charge in [-0.25, -0.2) is 0 Å². The second-order valence-electron chi connectivity index (χ2n) is 9.94. The number of aliphatic hydroxyl groups excluding tert-OH is 1. The highest BCUT2D eigenvalue weighted by Crippen LogP contribution is 2.39. The van der Waals surface area contributed by atoms with Gasteiger partial charge < -0.3 is 25.0 Å². The summed E-state index contributed by atoms with van der Waals surface area (Å²) in [6, 6.07) is 25.5. The Bertz CT molecular complexity index is 1230. The minimum absolute atomic E-state index is 0.0205. The summed E-state index contributed by atoms with van der Waals surface area (Å²) in [5.41, 5.74) is 4.37. The number of carboxylic acid groups (broad SMARTS) is 1. The van der Waals surface area contributed by atoms with E-state index in [1.165, 1.54) is 5.56 Å². The lowest BCUT2D eigenvalue weighted by atomic mass is 9.99. The molecule has 1 aliphatic heterocycles. The number of anilines is 1. The fourth-order valence-electron chi connectivity index (χ4n) is 4.71. The van der Waals surface area contributed by atoms with Gasteiger partial charge in [0.15, 0.2) is 6.29 Å². The number of carbonyl (C=O) groups excluding carboxylic acids is 1. The molecule has 0 saturated carbocycles. The Balaban J connectivity index is 1.53. The standard InChI is InChI=1S/C31H36N2O6/c1-21(23-7-4-3-5-8-23)33(2)19-27-18-28(24-13-11-22(20-34)12-14-24)39-31(38-27)25-9-6-10-26(17-25)32-29(35)15-16-30(36)37/h3-14,17,21,27-28,31,34H,15-16,18-20H2,1-2H3,(H,32,35)(H,36,37)/t21-,27+,28-,31-/m0/s1. The van der Waals surface area contributed by atoms with Crippen LogP contribution in [0.3, 0.4) is 0 Å². The normalized spacial score (nSPS) is 19.9. The molecule has 39 heavy (non-hydrogen) atoms. The molecule has 0 aromatic heterocycles. The first-order chi connectivity index (χ1) is 18.8. The third kappa shape index (κ3) is 7.97. The molecule has 0 aliphatic carbocycles. The molecule has 3 aromatic carbocycles. The van der Waals surface area contributed by atoms with Crippen LogP contribution in [-0.4, -0.2) is 46.7 Å². The third-order valence-electron chi connectivity index (χ3n) is 7.06. The molecule has 1 fully saturated rings. The van der Waals surface area contributed by atoms with Gasteiger partial charge in [0.05, 0.1) is 25.2 Å². The highest BCUT2D eigenvalue weighted by molar-refractivity contribution is 5.92. The van der Waals surface area contributed by atoms with Crippen molar-refractivity contribution in [2.75, 3.05) is 18.9 Å². The van der Waals surface area contributed by atoms with Crippen molar-refractivity contribution in [1.82, 2.24) is 4.90 Å². The molecular weight excluding hydrogens is 496 g/mol. The number of ether oxygens (including phenoxy) is 2. The monoisotopic (exact) mass is 532 g/mol. The predicted molar refractivity (Wildman–Crippen MR) is 148 cm³/mol. The average Bonchev–Trinajstić information content (AvgIpc) is 2.96. The van der Waals surface area contributed by atoms with Crippen LogP contribution in [0, 0.1) is 0 Å². The second kappa shape index (κ2) is 13.5. The number of nitrogens with zero attached hydrogens (tertiary/aromatic N) is 1. The van der Waals surface area contributed by atoms with Crippen molar-refractivity contribution in [2.24, 2.45) is 0 Å². The molecule has 8 nitrogen and oxygen atoms in total. The van der Waals surface area contributed by atoms with Crippen LogP contribution in [0.15, 0.2) is 78.9 Å². The smallest absolute Gasteiger partial charge is 0.303 e. The second-order valence-corrected chi connectivity index (χ2v) is 9.94. The van der Waals surface area contributed by atoms with Crippen molar-refractivity contribution in [3.05, 3.63) is 101 Å². The SMILES string of the molecule is C[C@@H](c1ccccc1)N(C)C[C@H]1C[C@@H](c2ccc(CO)cc2)O[C@@H](c2cccc(NC(=O)CCC(=O)O)c2)O1. The van der Waals surface area contributed by atoms with E-state index in [-0.39, 0.29) is 43.6 Å². The van der Waals surface area contributed by atoms with E-state index in [0.717, 1.165) is 16.7 Å². The van der Waals surface area contributed by atoms with E-state index < -0.39 is 12.3 Å². The minimum atomic E-state index is -1.02. The third-order valence-corrected chi connectivity index (χ3v) is 7.06. The maximum Gasteiger partial charge on any atom is 0.303 e.